The van der Waals surface area contributed by atoms with E-state index in [0.717, 1.165) is 29.8 Å². The SMILES string of the molecule is Cc1cccc(CN2CCCN(c3cccc(NC(=O)c4ccccc4C)c3)C2=O)c1. The summed E-state index contributed by atoms with van der Waals surface area (Å²) in [6.07, 6.45) is 0.900. The van der Waals surface area contributed by atoms with Crippen LogP contribution in [-0.4, -0.2) is 29.9 Å². The second kappa shape index (κ2) is 9.04. The second-order valence-electron chi connectivity index (χ2n) is 8.02. The molecule has 5 heteroatoms. The molecule has 1 N–H and O–H groups in total. The summed E-state index contributed by atoms with van der Waals surface area (Å²) in [5.74, 6) is -0.152. The van der Waals surface area contributed by atoms with Gasteiger partial charge in [0.05, 0.1) is 0 Å². The van der Waals surface area contributed by atoms with Crippen molar-refractivity contribution in [1.82, 2.24) is 4.90 Å². The Morgan fingerprint density at radius 1 is 0.935 bits per heavy atom. The van der Waals surface area contributed by atoms with Gasteiger partial charge in [0.2, 0.25) is 0 Å². The highest BCUT2D eigenvalue weighted by atomic mass is 16.2. The van der Waals surface area contributed by atoms with E-state index in [9.17, 15) is 9.59 Å². The molecule has 1 fully saturated rings. The van der Waals surface area contributed by atoms with Gasteiger partial charge in [-0.05, 0) is 55.7 Å². The summed E-state index contributed by atoms with van der Waals surface area (Å²) in [6, 6.07) is 23.2. The summed E-state index contributed by atoms with van der Waals surface area (Å²) in [6.45, 7) is 5.98. The van der Waals surface area contributed by atoms with Crippen molar-refractivity contribution >= 4 is 23.3 Å². The molecule has 3 aromatic rings. The van der Waals surface area contributed by atoms with Crippen LogP contribution in [0, 0.1) is 13.8 Å². The van der Waals surface area contributed by atoms with Gasteiger partial charge in [-0.15, -0.1) is 0 Å². The van der Waals surface area contributed by atoms with Gasteiger partial charge in [0.1, 0.15) is 0 Å². The van der Waals surface area contributed by atoms with Gasteiger partial charge in [-0.2, -0.15) is 0 Å². The third kappa shape index (κ3) is 4.77. The molecule has 158 valence electrons. The molecular weight excluding hydrogens is 386 g/mol. The van der Waals surface area contributed by atoms with Gasteiger partial charge in [-0.25, -0.2) is 4.79 Å². The molecule has 0 unspecified atom stereocenters. The number of benzene rings is 3. The number of aryl methyl sites for hydroxylation is 2. The van der Waals surface area contributed by atoms with Crippen LogP contribution in [0.1, 0.15) is 33.5 Å². The Kier molecular flexibility index (Phi) is 6.03. The number of nitrogens with one attached hydrogen (secondary N) is 1. The van der Waals surface area contributed by atoms with Crippen molar-refractivity contribution in [1.29, 1.82) is 0 Å². The van der Waals surface area contributed by atoms with Crippen LogP contribution in [0.4, 0.5) is 16.2 Å². The molecule has 3 aromatic carbocycles. The summed E-state index contributed by atoms with van der Waals surface area (Å²) in [5.41, 5.74) is 5.36. The molecular formula is C26H27N3O2. The fourth-order valence-electron chi connectivity index (χ4n) is 3.98. The Hall–Kier alpha value is -3.60. The van der Waals surface area contributed by atoms with E-state index < -0.39 is 0 Å². The van der Waals surface area contributed by atoms with Crippen molar-refractivity contribution in [3.63, 3.8) is 0 Å². The maximum atomic E-state index is 13.2. The van der Waals surface area contributed by atoms with Crippen LogP contribution >= 0.6 is 0 Å². The molecule has 1 aliphatic heterocycles. The molecule has 0 aromatic heterocycles. The zero-order chi connectivity index (χ0) is 21.8. The lowest BCUT2D eigenvalue weighted by atomic mass is 10.1. The van der Waals surface area contributed by atoms with Crippen LogP contribution in [-0.2, 0) is 6.54 Å². The normalized spacial score (nSPS) is 13.9. The molecule has 3 amide bonds. The molecule has 0 aliphatic carbocycles. The first-order chi connectivity index (χ1) is 15.0. The number of amides is 3. The fraction of sp³-hybridized carbons (Fsp3) is 0.231. The predicted molar refractivity (Wildman–Crippen MR) is 125 cm³/mol. The summed E-state index contributed by atoms with van der Waals surface area (Å²) < 4.78 is 0. The maximum Gasteiger partial charge on any atom is 0.324 e. The Morgan fingerprint density at radius 2 is 1.74 bits per heavy atom. The quantitative estimate of drug-likeness (QED) is 0.610. The summed E-state index contributed by atoms with van der Waals surface area (Å²) >= 11 is 0. The first-order valence-corrected chi connectivity index (χ1v) is 10.6. The van der Waals surface area contributed by atoms with Crippen molar-refractivity contribution in [3.8, 4) is 0 Å². The Balaban J connectivity index is 1.49. The Labute approximate surface area is 183 Å². The van der Waals surface area contributed by atoms with Crippen LogP contribution in [0.25, 0.3) is 0 Å². The summed E-state index contributed by atoms with van der Waals surface area (Å²) in [5, 5.41) is 2.96. The smallest absolute Gasteiger partial charge is 0.322 e. The van der Waals surface area contributed by atoms with Gasteiger partial charge in [-0.1, -0.05) is 54.1 Å². The van der Waals surface area contributed by atoms with E-state index in [1.165, 1.54) is 5.56 Å². The minimum absolute atomic E-state index is 0.00450. The van der Waals surface area contributed by atoms with Crippen molar-refractivity contribution in [2.24, 2.45) is 0 Å². The first-order valence-electron chi connectivity index (χ1n) is 10.6. The molecule has 1 saturated heterocycles. The number of carbonyl (C=O) groups excluding carboxylic acids is 2. The zero-order valence-electron chi connectivity index (χ0n) is 18.0. The van der Waals surface area contributed by atoms with E-state index in [0.29, 0.717) is 24.3 Å². The lowest BCUT2D eigenvalue weighted by Gasteiger charge is -2.36. The number of hydrogen-bond donors (Lipinski definition) is 1. The third-order valence-corrected chi connectivity index (χ3v) is 5.57. The van der Waals surface area contributed by atoms with E-state index in [1.54, 1.807) is 4.90 Å². The molecule has 0 atom stereocenters. The van der Waals surface area contributed by atoms with E-state index in [1.807, 2.05) is 66.4 Å². The van der Waals surface area contributed by atoms with E-state index in [-0.39, 0.29) is 11.9 Å². The molecule has 4 rings (SSSR count). The minimum atomic E-state index is -0.152. The number of anilines is 2. The van der Waals surface area contributed by atoms with E-state index >= 15 is 0 Å². The van der Waals surface area contributed by atoms with Crippen LogP contribution in [0.5, 0.6) is 0 Å². The van der Waals surface area contributed by atoms with Crippen molar-refractivity contribution < 1.29 is 9.59 Å². The Bertz CT molecular complexity index is 1110. The highest BCUT2D eigenvalue weighted by molar-refractivity contribution is 6.05. The predicted octanol–water partition coefficient (Wildman–Crippen LogP) is 5.39. The number of carbonyl (C=O) groups is 2. The maximum absolute atomic E-state index is 13.2. The lowest BCUT2D eigenvalue weighted by Crippen LogP contribution is -2.49. The van der Waals surface area contributed by atoms with Gasteiger partial charge in [0.15, 0.2) is 0 Å². The van der Waals surface area contributed by atoms with Crippen LogP contribution in [0.2, 0.25) is 0 Å². The zero-order valence-corrected chi connectivity index (χ0v) is 18.0. The molecule has 0 radical (unpaired) electrons. The molecule has 0 spiro atoms. The largest absolute Gasteiger partial charge is 0.324 e. The first kappa shape index (κ1) is 20.7. The van der Waals surface area contributed by atoms with Crippen molar-refractivity contribution in [2.45, 2.75) is 26.8 Å². The molecule has 0 bridgehead atoms. The van der Waals surface area contributed by atoms with Crippen LogP contribution in [0.15, 0.2) is 72.8 Å². The van der Waals surface area contributed by atoms with Crippen molar-refractivity contribution in [2.75, 3.05) is 23.3 Å². The lowest BCUT2D eigenvalue weighted by molar-refractivity contribution is 0.102. The third-order valence-electron chi connectivity index (χ3n) is 5.57. The van der Waals surface area contributed by atoms with Crippen LogP contribution < -0.4 is 10.2 Å². The molecule has 31 heavy (non-hydrogen) atoms. The topological polar surface area (TPSA) is 52.6 Å². The van der Waals surface area contributed by atoms with Gasteiger partial charge >= 0.3 is 6.03 Å². The number of nitrogens with zero attached hydrogens (tertiary/aromatic N) is 2. The summed E-state index contributed by atoms with van der Waals surface area (Å²) in [7, 11) is 0. The van der Waals surface area contributed by atoms with Gasteiger partial charge < -0.3 is 10.2 Å². The molecule has 1 aliphatic rings. The highest BCUT2D eigenvalue weighted by Gasteiger charge is 2.27. The highest BCUT2D eigenvalue weighted by Crippen LogP contribution is 2.25. The summed E-state index contributed by atoms with van der Waals surface area (Å²) in [4.78, 5) is 29.5. The Morgan fingerprint density at radius 3 is 2.55 bits per heavy atom. The monoisotopic (exact) mass is 413 g/mol. The standard InChI is InChI=1S/C26H27N3O2/c1-19-8-5-10-21(16-19)18-28-14-7-15-29(26(28)31)23-12-6-11-22(17-23)27-25(30)24-13-4-3-9-20(24)2/h3-6,8-13,16-17H,7,14-15,18H2,1-2H3,(H,27,30). The minimum Gasteiger partial charge on any atom is -0.322 e. The number of hydrogen-bond acceptors (Lipinski definition) is 2. The second-order valence-corrected chi connectivity index (χ2v) is 8.02. The van der Waals surface area contributed by atoms with Gasteiger partial charge in [0.25, 0.3) is 5.91 Å². The van der Waals surface area contributed by atoms with Crippen molar-refractivity contribution in [3.05, 3.63) is 95.1 Å². The number of rotatable bonds is 5. The average molecular weight is 414 g/mol. The van der Waals surface area contributed by atoms with Gasteiger partial charge in [-0.3, -0.25) is 9.69 Å². The molecule has 0 saturated carbocycles. The fourth-order valence-corrected chi connectivity index (χ4v) is 3.98. The number of urea groups is 1. The average Bonchev–Trinajstić information content (AvgIpc) is 2.76. The molecule has 5 nitrogen and oxygen atoms in total. The van der Waals surface area contributed by atoms with Crippen LogP contribution in [0.3, 0.4) is 0 Å². The van der Waals surface area contributed by atoms with E-state index in [4.69, 9.17) is 0 Å². The van der Waals surface area contributed by atoms with Gasteiger partial charge in [0, 0.05) is 36.6 Å². The molecule has 1 heterocycles. The van der Waals surface area contributed by atoms with E-state index in [2.05, 4.69) is 30.4 Å².